The van der Waals surface area contributed by atoms with Gasteiger partial charge in [-0.25, -0.2) is 33.7 Å². The Balaban J connectivity index is 1.47. The first kappa shape index (κ1) is 46.3. The smallest absolute Gasteiger partial charge is 0.207 e. The number of aryl methyl sites for hydroxylation is 4. The molecule has 4 aromatic rings. The number of benzene rings is 4. The highest BCUT2D eigenvalue weighted by Gasteiger charge is 2.31. The molecule has 0 unspecified atom stereocenters. The van der Waals surface area contributed by atoms with Crippen molar-refractivity contribution in [3.05, 3.63) is 119 Å². The molecule has 18 heteroatoms. The van der Waals surface area contributed by atoms with E-state index in [2.05, 4.69) is 0 Å². The minimum Gasteiger partial charge on any atom is -0.207 e. The van der Waals surface area contributed by atoms with Crippen LogP contribution in [0.5, 0.6) is 0 Å². The van der Waals surface area contributed by atoms with E-state index >= 15 is 0 Å². The molecule has 1 aliphatic heterocycles. The summed E-state index contributed by atoms with van der Waals surface area (Å²) in [6.45, 7) is 7.12. The van der Waals surface area contributed by atoms with E-state index < -0.39 is 40.1 Å². The molecule has 0 spiro atoms. The van der Waals surface area contributed by atoms with Gasteiger partial charge in [0.2, 0.25) is 40.1 Å². The zero-order chi connectivity index (χ0) is 42.1. The summed E-state index contributed by atoms with van der Waals surface area (Å²) in [4.78, 5) is 0.368. The summed E-state index contributed by atoms with van der Waals surface area (Å²) < 4.78 is 118. The lowest BCUT2D eigenvalue weighted by Gasteiger charge is -2.29. The lowest BCUT2D eigenvalue weighted by Crippen LogP contribution is -2.43. The van der Waals surface area contributed by atoms with Crippen molar-refractivity contribution in [2.24, 2.45) is 0 Å². The molecule has 316 valence electrons. The molecule has 0 aromatic heterocycles. The molecule has 0 N–H and O–H groups in total. The summed E-state index contributed by atoms with van der Waals surface area (Å²) in [6.07, 6.45) is 0. The first-order valence-electron chi connectivity index (χ1n) is 18.9. The van der Waals surface area contributed by atoms with Gasteiger partial charge in [-0.05, 0) is 76.2 Å². The molecule has 0 saturated carbocycles. The van der Waals surface area contributed by atoms with E-state index in [4.69, 9.17) is 0 Å². The highest BCUT2D eigenvalue weighted by atomic mass is 32.2. The predicted octanol–water partition coefficient (Wildman–Crippen LogP) is 5.46. The average Bonchev–Trinajstić information content (AvgIpc) is 3.18. The van der Waals surface area contributed by atoms with Crippen LogP contribution in [0.2, 0.25) is 0 Å². The minimum atomic E-state index is -4.04. The maximum atomic E-state index is 14.1. The molecule has 12 nitrogen and oxygen atoms in total. The maximum absolute atomic E-state index is 14.1. The van der Waals surface area contributed by atoms with Crippen molar-refractivity contribution < 1.29 is 33.7 Å². The van der Waals surface area contributed by atoms with Gasteiger partial charge in [0.15, 0.2) is 0 Å². The molecular weight excluding hydrogens is 857 g/mol. The van der Waals surface area contributed by atoms with Gasteiger partial charge in [0.1, 0.15) is 0 Å². The third kappa shape index (κ3) is 11.7. The number of rotatable bonds is 8. The van der Waals surface area contributed by atoms with Crippen LogP contribution in [-0.4, -0.2) is 126 Å². The van der Waals surface area contributed by atoms with E-state index in [1.54, 1.807) is 48.5 Å². The van der Waals surface area contributed by atoms with E-state index in [-0.39, 0.29) is 95.0 Å². The summed E-state index contributed by atoms with van der Waals surface area (Å²) >= 11 is 2.72. The van der Waals surface area contributed by atoms with Gasteiger partial charge in [-0.15, -0.1) is 0 Å². The SMILES string of the molecule is Cc1ccc(S(=O)(=O)N2CCSCCN(S(=O)(=O)c3ccc(C)cc3)CCN(S(=O)(=O)c3ccc(C)cc3)CCSCCN(S(=O)(=O)c3ccc(C)cc3)CC2)cc1. The molecule has 0 bridgehead atoms. The van der Waals surface area contributed by atoms with E-state index in [1.165, 1.54) is 89.3 Å². The second-order valence-corrected chi connectivity index (χ2v) is 24.3. The maximum Gasteiger partial charge on any atom is 0.243 e. The molecule has 1 saturated heterocycles. The van der Waals surface area contributed by atoms with Gasteiger partial charge in [0, 0.05) is 75.4 Å². The van der Waals surface area contributed by atoms with Crippen molar-refractivity contribution in [2.45, 2.75) is 47.3 Å². The van der Waals surface area contributed by atoms with Crippen LogP contribution in [-0.2, 0) is 40.1 Å². The van der Waals surface area contributed by atoms with Gasteiger partial charge in [0.25, 0.3) is 0 Å². The van der Waals surface area contributed by atoms with Crippen LogP contribution >= 0.6 is 23.5 Å². The van der Waals surface area contributed by atoms with Crippen molar-refractivity contribution in [1.29, 1.82) is 0 Å². The van der Waals surface area contributed by atoms with Gasteiger partial charge in [0.05, 0.1) is 19.6 Å². The van der Waals surface area contributed by atoms with Gasteiger partial charge in [-0.2, -0.15) is 40.7 Å². The topological polar surface area (TPSA) is 150 Å². The molecule has 0 atom stereocenters. The van der Waals surface area contributed by atoms with Crippen molar-refractivity contribution in [3.63, 3.8) is 0 Å². The largest absolute Gasteiger partial charge is 0.243 e. The van der Waals surface area contributed by atoms with E-state index in [1.807, 2.05) is 27.7 Å². The van der Waals surface area contributed by atoms with Crippen LogP contribution in [0, 0.1) is 27.7 Å². The Hall–Kier alpha value is -2.78. The predicted molar refractivity (Wildman–Crippen MR) is 234 cm³/mol. The molecule has 0 amide bonds. The van der Waals surface area contributed by atoms with Crippen LogP contribution in [0.3, 0.4) is 0 Å². The third-order valence-electron chi connectivity index (χ3n) is 9.77. The summed E-state index contributed by atoms with van der Waals surface area (Å²) in [5.41, 5.74) is 3.57. The first-order valence-corrected chi connectivity index (χ1v) is 26.9. The van der Waals surface area contributed by atoms with Crippen molar-refractivity contribution >= 4 is 63.6 Å². The van der Waals surface area contributed by atoms with E-state index in [0.29, 0.717) is 0 Å². The Bertz CT molecular complexity index is 2070. The third-order valence-corrected chi connectivity index (χ3v) is 19.3. The number of thioether (sulfide) groups is 2. The Morgan fingerprint density at radius 1 is 0.310 bits per heavy atom. The number of sulfonamides is 4. The fourth-order valence-corrected chi connectivity index (χ4v) is 14.2. The van der Waals surface area contributed by atoms with Crippen LogP contribution in [0.4, 0.5) is 0 Å². The van der Waals surface area contributed by atoms with Crippen LogP contribution < -0.4 is 0 Å². The highest BCUT2D eigenvalue weighted by Crippen LogP contribution is 2.24. The van der Waals surface area contributed by atoms with Gasteiger partial charge in [-0.1, -0.05) is 70.8 Å². The lowest BCUT2D eigenvalue weighted by molar-refractivity contribution is 0.358. The standard InChI is InChI=1S/C40H52N4O8S6/c1-33-5-13-37(14-6-33)55(45,46)41-21-22-42(56(47,48)38-15-7-34(2)8-16-38)26-31-54-32-28-44(58(51,52)40-19-11-36(4)12-20-40)24-23-43(27-30-53-29-25-41)57(49,50)39-17-9-35(3)10-18-39/h5-20H,21-32H2,1-4H3. The average molecular weight is 909 g/mol. The van der Waals surface area contributed by atoms with Crippen molar-refractivity contribution in [3.8, 4) is 0 Å². The second-order valence-electron chi connectivity index (χ2n) is 14.1. The molecule has 0 radical (unpaired) electrons. The number of hydrogen-bond donors (Lipinski definition) is 0. The Morgan fingerprint density at radius 3 is 0.655 bits per heavy atom. The van der Waals surface area contributed by atoms with Crippen LogP contribution in [0.25, 0.3) is 0 Å². The zero-order valence-corrected chi connectivity index (χ0v) is 38.1. The summed E-state index contributed by atoms with van der Waals surface area (Å²) in [5.74, 6) is 1.16. The second kappa shape index (κ2) is 20.2. The number of hydrogen-bond acceptors (Lipinski definition) is 10. The molecule has 1 heterocycles. The monoisotopic (exact) mass is 908 g/mol. The fraction of sp³-hybridized carbons (Fsp3) is 0.400. The lowest BCUT2D eigenvalue weighted by atomic mass is 10.2. The molecule has 1 fully saturated rings. The Morgan fingerprint density at radius 2 is 0.483 bits per heavy atom. The Labute approximate surface area is 354 Å². The van der Waals surface area contributed by atoms with Crippen LogP contribution in [0.1, 0.15) is 22.3 Å². The summed E-state index contributed by atoms with van der Waals surface area (Å²) in [7, 11) is -16.2. The minimum absolute atomic E-state index is 0.0430. The summed E-state index contributed by atoms with van der Waals surface area (Å²) in [5, 5.41) is 0. The highest BCUT2D eigenvalue weighted by molar-refractivity contribution is 7.99. The zero-order valence-electron chi connectivity index (χ0n) is 33.2. The molecule has 5 rings (SSSR count). The Kier molecular flexibility index (Phi) is 16.1. The van der Waals surface area contributed by atoms with Crippen molar-refractivity contribution in [2.75, 3.05) is 75.4 Å². The van der Waals surface area contributed by atoms with E-state index in [0.717, 1.165) is 22.3 Å². The molecule has 1 aliphatic rings. The fourth-order valence-electron chi connectivity index (χ4n) is 6.16. The molecular formula is C40H52N4O8S6. The van der Waals surface area contributed by atoms with Crippen LogP contribution in [0.15, 0.2) is 117 Å². The molecule has 58 heavy (non-hydrogen) atoms. The van der Waals surface area contributed by atoms with E-state index in [9.17, 15) is 33.7 Å². The van der Waals surface area contributed by atoms with Crippen molar-refractivity contribution in [1.82, 2.24) is 17.2 Å². The van der Waals surface area contributed by atoms with Gasteiger partial charge >= 0.3 is 0 Å². The number of nitrogens with zero attached hydrogens (tertiary/aromatic N) is 4. The van der Waals surface area contributed by atoms with Gasteiger partial charge in [-0.3, -0.25) is 0 Å². The first-order chi connectivity index (χ1) is 27.4. The quantitative estimate of drug-likeness (QED) is 0.223. The normalized spacial score (nSPS) is 18.0. The summed E-state index contributed by atoms with van der Waals surface area (Å²) in [6, 6.07) is 26.0. The van der Waals surface area contributed by atoms with Gasteiger partial charge < -0.3 is 0 Å². The molecule has 0 aliphatic carbocycles. The molecule has 4 aromatic carbocycles.